The average Bonchev–Trinajstić information content (AvgIpc) is 2.22. The molecular formula is C11H15Cl2NO2. The maximum atomic E-state index is 11.2. The van der Waals surface area contributed by atoms with Gasteiger partial charge in [0.1, 0.15) is 6.04 Å². The second-order valence-electron chi connectivity index (χ2n) is 3.19. The summed E-state index contributed by atoms with van der Waals surface area (Å²) in [6.45, 7) is 2.11. The van der Waals surface area contributed by atoms with E-state index < -0.39 is 6.04 Å². The van der Waals surface area contributed by atoms with Crippen molar-refractivity contribution in [2.45, 2.75) is 19.4 Å². The first-order valence-electron chi connectivity index (χ1n) is 4.80. The monoisotopic (exact) mass is 263 g/mol. The average molecular weight is 264 g/mol. The van der Waals surface area contributed by atoms with Crippen LogP contribution in [-0.2, 0) is 16.0 Å². The highest BCUT2D eigenvalue weighted by Crippen LogP contribution is 2.10. The van der Waals surface area contributed by atoms with E-state index in [1.54, 1.807) is 19.1 Å². The molecule has 0 fully saturated rings. The van der Waals surface area contributed by atoms with Crippen LogP contribution in [0.5, 0.6) is 0 Å². The van der Waals surface area contributed by atoms with E-state index in [9.17, 15) is 4.79 Å². The lowest BCUT2D eigenvalue weighted by molar-refractivity contribution is -0.144. The summed E-state index contributed by atoms with van der Waals surface area (Å²) in [5, 5.41) is 0.670. The topological polar surface area (TPSA) is 52.3 Å². The maximum absolute atomic E-state index is 11.2. The van der Waals surface area contributed by atoms with Crippen LogP contribution >= 0.6 is 24.0 Å². The van der Waals surface area contributed by atoms with Gasteiger partial charge in [-0.05, 0) is 31.0 Å². The molecule has 16 heavy (non-hydrogen) atoms. The van der Waals surface area contributed by atoms with Crippen LogP contribution in [0.2, 0.25) is 5.02 Å². The molecule has 0 saturated heterocycles. The molecule has 1 aromatic rings. The molecule has 0 aliphatic rings. The molecule has 1 atom stereocenters. The number of rotatable bonds is 4. The Balaban J connectivity index is 0.00000225. The summed E-state index contributed by atoms with van der Waals surface area (Å²) < 4.78 is 4.81. The molecule has 1 rings (SSSR count). The van der Waals surface area contributed by atoms with Crippen LogP contribution in [0.1, 0.15) is 12.5 Å². The molecule has 5 heteroatoms. The van der Waals surface area contributed by atoms with Crippen molar-refractivity contribution in [1.29, 1.82) is 0 Å². The summed E-state index contributed by atoms with van der Waals surface area (Å²) in [7, 11) is 0. The van der Waals surface area contributed by atoms with Gasteiger partial charge in [-0.15, -0.1) is 12.4 Å². The van der Waals surface area contributed by atoms with Crippen molar-refractivity contribution in [1.82, 2.24) is 0 Å². The van der Waals surface area contributed by atoms with Gasteiger partial charge in [0.25, 0.3) is 0 Å². The quantitative estimate of drug-likeness (QED) is 0.848. The van der Waals surface area contributed by atoms with Gasteiger partial charge in [0.05, 0.1) is 6.61 Å². The first kappa shape index (κ1) is 15.2. The van der Waals surface area contributed by atoms with Crippen molar-refractivity contribution in [3.05, 3.63) is 34.9 Å². The number of nitrogens with two attached hydrogens (primary N) is 1. The molecule has 0 aromatic heterocycles. The SMILES string of the molecule is CCOC(=O)[C@H](N)Cc1ccc(Cl)cc1.Cl. The van der Waals surface area contributed by atoms with E-state index in [4.69, 9.17) is 22.1 Å². The minimum Gasteiger partial charge on any atom is -0.465 e. The van der Waals surface area contributed by atoms with Crippen LogP contribution in [0.4, 0.5) is 0 Å². The Kier molecular flexibility index (Phi) is 7.13. The van der Waals surface area contributed by atoms with Gasteiger partial charge >= 0.3 is 5.97 Å². The molecular weight excluding hydrogens is 249 g/mol. The van der Waals surface area contributed by atoms with E-state index in [1.165, 1.54) is 0 Å². The first-order chi connectivity index (χ1) is 7.13. The third-order valence-electron chi connectivity index (χ3n) is 1.96. The first-order valence-corrected chi connectivity index (χ1v) is 5.18. The van der Waals surface area contributed by atoms with E-state index in [0.29, 0.717) is 18.1 Å². The second-order valence-corrected chi connectivity index (χ2v) is 3.63. The van der Waals surface area contributed by atoms with E-state index in [2.05, 4.69) is 0 Å². The van der Waals surface area contributed by atoms with Gasteiger partial charge in [0.15, 0.2) is 0 Å². The van der Waals surface area contributed by atoms with Crippen LogP contribution < -0.4 is 5.73 Å². The minimum atomic E-state index is -0.605. The molecule has 0 bridgehead atoms. The molecule has 0 unspecified atom stereocenters. The Labute approximate surface area is 106 Å². The Hall–Kier alpha value is -0.770. The second kappa shape index (κ2) is 7.49. The molecule has 0 aliphatic heterocycles. The highest BCUT2D eigenvalue weighted by atomic mass is 35.5. The number of ether oxygens (including phenoxy) is 1. The Morgan fingerprint density at radius 1 is 1.44 bits per heavy atom. The largest absolute Gasteiger partial charge is 0.465 e. The minimum absolute atomic E-state index is 0. The summed E-state index contributed by atoms with van der Waals surface area (Å²) in [6, 6.07) is 6.64. The van der Waals surface area contributed by atoms with Gasteiger partial charge in [-0.3, -0.25) is 4.79 Å². The number of benzene rings is 1. The van der Waals surface area contributed by atoms with Crippen molar-refractivity contribution in [3.8, 4) is 0 Å². The molecule has 2 N–H and O–H groups in total. The Bertz CT molecular complexity index is 327. The molecule has 0 amide bonds. The van der Waals surface area contributed by atoms with Crippen LogP contribution in [0.3, 0.4) is 0 Å². The van der Waals surface area contributed by atoms with E-state index in [-0.39, 0.29) is 18.4 Å². The lowest BCUT2D eigenvalue weighted by Crippen LogP contribution is -2.34. The predicted molar refractivity (Wildman–Crippen MR) is 67.0 cm³/mol. The fraction of sp³-hybridized carbons (Fsp3) is 0.364. The summed E-state index contributed by atoms with van der Waals surface area (Å²) in [6.07, 6.45) is 0.468. The lowest BCUT2D eigenvalue weighted by Gasteiger charge is -2.10. The zero-order chi connectivity index (χ0) is 11.3. The third kappa shape index (κ3) is 4.84. The van der Waals surface area contributed by atoms with Gasteiger partial charge in [-0.2, -0.15) is 0 Å². The maximum Gasteiger partial charge on any atom is 0.323 e. The highest BCUT2D eigenvalue weighted by molar-refractivity contribution is 6.30. The standard InChI is InChI=1S/C11H14ClNO2.ClH/c1-2-15-11(14)10(13)7-8-3-5-9(12)6-4-8;/h3-6,10H,2,7,13H2,1H3;1H/t10-;/m1./s1. The van der Waals surface area contributed by atoms with Gasteiger partial charge in [0, 0.05) is 5.02 Å². The Morgan fingerprint density at radius 3 is 2.50 bits per heavy atom. The van der Waals surface area contributed by atoms with E-state index in [0.717, 1.165) is 5.56 Å². The van der Waals surface area contributed by atoms with E-state index in [1.807, 2.05) is 12.1 Å². The number of esters is 1. The van der Waals surface area contributed by atoms with Crippen LogP contribution in [0.25, 0.3) is 0 Å². The lowest BCUT2D eigenvalue weighted by atomic mass is 10.1. The molecule has 0 saturated carbocycles. The third-order valence-corrected chi connectivity index (χ3v) is 2.21. The Morgan fingerprint density at radius 2 is 2.00 bits per heavy atom. The normalized spacial score (nSPS) is 11.4. The zero-order valence-corrected chi connectivity index (χ0v) is 10.6. The van der Waals surface area contributed by atoms with Crippen molar-refractivity contribution in [2.24, 2.45) is 5.73 Å². The smallest absolute Gasteiger partial charge is 0.323 e. The number of halogens is 2. The number of carbonyl (C=O) groups is 1. The number of hydrogen-bond donors (Lipinski definition) is 1. The summed E-state index contributed by atoms with van der Waals surface area (Å²) >= 11 is 5.74. The highest BCUT2D eigenvalue weighted by Gasteiger charge is 2.14. The van der Waals surface area contributed by atoms with Crippen molar-refractivity contribution in [3.63, 3.8) is 0 Å². The zero-order valence-electron chi connectivity index (χ0n) is 8.98. The number of hydrogen-bond acceptors (Lipinski definition) is 3. The summed E-state index contributed by atoms with van der Waals surface area (Å²) in [5.41, 5.74) is 6.64. The molecule has 3 nitrogen and oxygen atoms in total. The summed E-state index contributed by atoms with van der Waals surface area (Å²) in [5.74, 6) is -0.368. The van der Waals surface area contributed by atoms with Gasteiger partial charge < -0.3 is 10.5 Å². The predicted octanol–water partition coefficient (Wildman–Crippen LogP) is 2.19. The van der Waals surface area contributed by atoms with Gasteiger partial charge in [-0.25, -0.2) is 0 Å². The molecule has 0 heterocycles. The van der Waals surface area contributed by atoms with E-state index >= 15 is 0 Å². The van der Waals surface area contributed by atoms with Crippen molar-refractivity contribution >= 4 is 30.0 Å². The van der Waals surface area contributed by atoms with Gasteiger partial charge in [0.2, 0.25) is 0 Å². The molecule has 0 spiro atoms. The molecule has 90 valence electrons. The van der Waals surface area contributed by atoms with Crippen molar-refractivity contribution < 1.29 is 9.53 Å². The van der Waals surface area contributed by atoms with Crippen LogP contribution in [-0.4, -0.2) is 18.6 Å². The van der Waals surface area contributed by atoms with Crippen LogP contribution in [0, 0.1) is 0 Å². The molecule has 0 radical (unpaired) electrons. The molecule has 1 aromatic carbocycles. The summed E-state index contributed by atoms with van der Waals surface area (Å²) in [4.78, 5) is 11.2. The number of carbonyl (C=O) groups excluding carboxylic acids is 1. The molecule has 0 aliphatic carbocycles. The van der Waals surface area contributed by atoms with Crippen LogP contribution in [0.15, 0.2) is 24.3 Å². The van der Waals surface area contributed by atoms with Gasteiger partial charge in [-0.1, -0.05) is 23.7 Å². The van der Waals surface area contributed by atoms with Crippen molar-refractivity contribution in [2.75, 3.05) is 6.61 Å². The fourth-order valence-corrected chi connectivity index (χ4v) is 1.33. The fourth-order valence-electron chi connectivity index (χ4n) is 1.21.